The fourth-order valence-electron chi connectivity index (χ4n) is 3.26. The van der Waals surface area contributed by atoms with Crippen molar-refractivity contribution in [2.45, 2.75) is 32.1 Å². The maximum Gasteiger partial charge on any atom is 0.276 e. The summed E-state index contributed by atoms with van der Waals surface area (Å²) in [5.41, 5.74) is 4.22. The van der Waals surface area contributed by atoms with Gasteiger partial charge in [-0.2, -0.15) is 10.2 Å². The fourth-order valence-corrected chi connectivity index (χ4v) is 3.39. The van der Waals surface area contributed by atoms with E-state index in [1.807, 2.05) is 28.9 Å². The fraction of sp³-hybridized carbons (Fsp3) is 0.278. The Bertz CT molecular complexity index is 883. The number of halogens is 1. The van der Waals surface area contributed by atoms with Gasteiger partial charge in [0.1, 0.15) is 0 Å². The molecule has 0 saturated carbocycles. The Balaban J connectivity index is 1.76. The van der Waals surface area contributed by atoms with Gasteiger partial charge in [-0.05, 0) is 49.9 Å². The van der Waals surface area contributed by atoms with Crippen LogP contribution in [0.25, 0.3) is 5.69 Å². The first kappa shape index (κ1) is 15.9. The number of rotatable bonds is 3. The van der Waals surface area contributed by atoms with Gasteiger partial charge >= 0.3 is 0 Å². The minimum absolute atomic E-state index is 0.202. The Morgan fingerprint density at radius 3 is 2.72 bits per heavy atom. The van der Waals surface area contributed by atoms with E-state index < -0.39 is 0 Å². The maximum absolute atomic E-state index is 12.7. The summed E-state index contributed by atoms with van der Waals surface area (Å²) in [5, 5.41) is 14.7. The molecular weight excluding hydrogens is 338 g/mol. The molecule has 0 spiro atoms. The molecule has 0 unspecified atom stereocenters. The monoisotopic (exact) mass is 355 g/mol. The van der Waals surface area contributed by atoms with Gasteiger partial charge in [0.25, 0.3) is 5.91 Å². The number of H-pyrrole nitrogens is 1. The number of nitrogens with zero attached hydrogens (tertiary/aromatic N) is 3. The van der Waals surface area contributed by atoms with E-state index in [1.165, 1.54) is 0 Å². The number of carbonyl (C=O) groups is 1. The van der Waals surface area contributed by atoms with Crippen LogP contribution in [0.1, 0.15) is 41.0 Å². The summed E-state index contributed by atoms with van der Waals surface area (Å²) in [6.07, 6.45) is 8.36. The largest absolute Gasteiger partial charge is 0.318 e. The summed E-state index contributed by atoms with van der Waals surface area (Å²) in [7, 11) is 0. The van der Waals surface area contributed by atoms with Crippen molar-refractivity contribution in [3.8, 4) is 5.69 Å². The molecule has 128 valence electrons. The molecule has 2 heterocycles. The average molecular weight is 356 g/mol. The summed E-state index contributed by atoms with van der Waals surface area (Å²) in [6, 6.07) is 7.54. The number of hydrogen-bond donors (Lipinski definition) is 2. The van der Waals surface area contributed by atoms with Crippen LogP contribution >= 0.6 is 11.6 Å². The topological polar surface area (TPSA) is 75.6 Å². The first-order valence-electron chi connectivity index (χ1n) is 8.39. The normalized spacial score (nSPS) is 14.0. The first-order chi connectivity index (χ1) is 12.2. The zero-order valence-electron chi connectivity index (χ0n) is 13.6. The van der Waals surface area contributed by atoms with Gasteiger partial charge in [0, 0.05) is 22.5 Å². The van der Waals surface area contributed by atoms with Crippen molar-refractivity contribution in [1.82, 2.24) is 20.0 Å². The number of anilines is 1. The minimum atomic E-state index is -0.202. The molecule has 0 radical (unpaired) electrons. The molecule has 0 bridgehead atoms. The Kier molecular flexibility index (Phi) is 4.28. The summed E-state index contributed by atoms with van der Waals surface area (Å²) < 4.78 is 1.89. The second-order valence-corrected chi connectivity index (χ2v) is 6.60. The van der Waals surface area contributed by atoms with Gasteiger partial charge in [-0.15, -0.1) is 0 Å². The number of aromatic amines is 1. The molecule has 1 amide bonds. The second kappa shape index (κ2) is 6.72. The lowest BCUT2D eigenvalue weighted by molar-refractivity contribution is 0.102. The van der Waals surface area contributed by atoms with Crippen molar-refractivity contribution in [2.24, 2.45) is 0 Å². The first-order valence-corrected chi connectivity index (χ1v) is 8.77. The number of carbonyl (C=O) groups excluding carboxylic acids is 1. The summed E-state index contributed by atoms with van der Waals surface area (Å²) in [5.74, 6) is -0.202. The van der Waals surface area contributed by atoms with Crippen molar-refractivity contribution in [2.75, 3.05) is 5.32 Å². The van der Waals surface area contributed by atoms with Crippen LogP contribution in [0.15, 0.2) is 36.7 Å². The Morgan fingerprint density at radius 1 is 1.16 bits per heavy atom. The van der Waals surface area contributed by atoms with E-state index in [-0.39, 0.29) is 5.91 Å². The molecule has 2 aromatic heterocycles. The lowest BCUT2D eigenvalue weighted by atomic mass is 10.1. The zero-order chi connectivity index (χ0) is 17.2. The molecule has 0 saturated heterocycles. The second-order valence-electron chi connectivity index (χ2n) is 6.16. The molecule has 25 heavy (non-hydrogen) atoms. The van der Waals surface area contributed by atoms with Gasteiger partial charge in [0.2, 0.25) is 0 Å². The van der Waals surface area contributed by atoms with Crippen LogP contribution in [-0.2, 0) is 12.8 Å². The summed E-state index contributed by atoms with van der Waals surface area (Å²) in [4.78, 5) is 12.7. The van der Waals surface area contributed by atoms with Gasteiger partial charge in [0.15, 0.2) is 5.69 Å². The lowest BCUT2D eigenvalue weighted by Crippen LogP contribution is -2.14. The number of amides is 1. The third kappa shape index (κ3) is 3.17. The third-order valence-electron chi connectivity index (χ3n) is 4.47. The molecule has 1 aromatic carbocycles. The molecule has 7 heteroatoms. The standard InChI is InChI=1S/C18H18ClN5O/c19-12-6-8-14(9-7-12)24-16-5-3-1-2-4-15(16)17(23-24)18(25)22-13-10-20-21-11-13/h6-11H,1-5H2,(H,20,21)(H,22,25). The molecule has 1 aliphatic carbocycles. The van der Waals surface area contributed by atoms with Gasteiger partial charge in [-0.25, -0.2) is 4.68 Å². The van der Waals surface area contributed by atoms with Crippen molar-refractivity contribution in [3.63, 3.8) is 0 Å². The minimum Gasteiger partial charge on any atom is -0.318 e. The molecule has 1 aliphatic rings. The smallest absolute Gasteiger partial charge is 0.276 e. The Labute approximate surface area is 150 Å². The highest BCUT2D eigenvalue weighted by Crippen LogP contribution is 2.27. The van der Waals surface area contributed by atoms with Gasteiger partial charge < -0.3 is 5.32 Å². The van der Waals surface area contributed by atoms with E-state index >= 15 is 0 Å². The van der Waals surface area contributed by atoms with Crippen LogP contribution in [-0.4, -0.2) is 25.9 Å². The zero-order valence-corrected chi connectivity index (χ0v) is 14.4. The molecule has 0 aliphatic heterocycles. The van der Waals surface area contributed by atoms with Crippen LogP contribution in [0.4, 0.5) is 5.69 Å². The van der Waals surface area contributed by atoms with E-state index in [9.17, 15) is 4.79 Å². The molecule has 2 N–H and O–H groups in total. The van der Waals surface area contributed by atoms with E-state index in [2.05, 4.69) is 20.6 Å². The van der Waals surface area contributed by atoms with E-state index in [0.717, 1.165) is 49.0 Å². The van der Waals surface area contributed by atoms with E-state index in [4.69, 9.17) is 11.6 Å². The van der Waals surface area contributed by atoms with Crippen molar-refractivity contribution >= 4 is 23.2 Å². The van der Waals surface area contributed by atoms with Crippen molar-refractivity contribution < 1.29 is 4.79 Å². The van der Waals surface area contributed by atoms with Crippen LogP contribution in [0.5, 0.6) is 0 Å². The van der Waals surface area contributed by atoms with Crippen molar-refractivity contribution in [3.05, 3.63) is 58.6 Å². The quantitative estimate of drug-likeness (QED) is 0.702. The molecular formula is C18H18ClN5O. The number of aromatic nitrogens is 4. The predicted molar refractivity (Wildman–Crippen MR) is 96.4 cm³/mol. The molecule has 3 aromatic rings. The third-order valence-corrected chi connectivity index (χ3v) is 4.72. The number of fused-ring (bicyclic) bond motifs is 1. The van der Waals surface area contributed by atoms with Gasteiger partial charge in [0.05, 0.1) is 17.6 Å². The van der Waals surface area contributed by atoms with Gasteiger partial charge in [-0.3, -0.25) is 9.89 Å². The average Bonchev–Trinajstić information content (AvgIpc) is 3.17. The summed E-state index contributed by atoms with van der Waals surface area (Å²) in [6.45, 7) is 0. The Morgan fingerprint density at radius 2 is 1.96 bits per heavy atom. The molecule has 0 fully saturated rings. The number of hydrogen-bond acceptors (Lipinski definition) is 3. The highest BCUT2D eigenvalue weighted by Gasteiger charge is 2.25. The SMILES string of the molecule is O=C(Nc1cn[nH]c1)c1nn(-c2ccc(Cl)cc2)c2c1CCCCC2. The van der Waals surface area contributed by atoms with E-state index in [1.54, 1.807) is 12.4 Å². The molecule has 6 nitrogen and oxygen atoms in total. The van der Waals surface area contributed by atoms with Crippen LogP contribution in [0, 0.1) is 0 Å². The van der Waals surface area contributed by atoms with Crippen LogP contribution in [0.2, 0.25) is 5.02 Å². The predicted octanol–water partition coefficient (Wildman–Crippen LogP) is 3.77. The van der Waals surface area contributed by atoms with Crippen LogP contribution < -0.4 is 5.32 Å². The molecule has 4 rings (SSSR count). The van der Waals surface area contributed by atoms with Crippen LogP contribution in [0.3, 0.4) is 0 Å². The highest BCUT2D eigenvalue weighted by atomic mass is 35.5. The van der Waals surface area contributed by atoms with Crippen molar-refractivity contribution in [1.29, 1.82) is 0 Å². The maximum atomic E-state index is 12.7. The summed E-state index contributed by atoms with van der Waals surface area (Å²) >= 11 is 6.00. The number of benzene rings is 1. The lowest BCUT2D eigenvalue weighted by Gasteiger charge is -2.07. The highest BCUT2D eigenvalue weighted by molar-refractivity contribution is 6.30. The van der Waals surface area contributed by atoms with Gasteiger partial charge in [-0.1, -0.05) is 18.0 Å². The Hall–Kier alpha value is -2.60. The molecule has 0 atom stereocenters. The number of nitrogens with one attached hydrogen (secondary N) is 2. The van der Waals surface area contributed by atoms with E-state index in [0.29, 0.717) is 16.4 Å².